The average Bonchev–Trinajstić information content (AvgIpc) is 2.69. The molecule has 2 aromatic carbocycles. The number of methoxy groups -OCH3 is 1. The maximum Gasteiger partial charge on any atom is 0.337 e. The third-order valence-corrected chi connectivity index (χ3v) is 6.16. The molecule has 3 rings (SSSR count). The van der Waals surface area contributed by atoms with E-state index in [2.05, 4.69) is 52.8 Å². The fourth-order valence-electron chi connectivity index (χ4n) is 4.26. The van der Waals surface area contributed by atoms with Crippen LogP contribution in [-0.2, 0) is 15.8 Å². The van der Waals surface area contributed by atoms with E-state index in [0.717, 1.165) is 28.9 Å². The lowest BCUT2D eigenvalue weighted by Gasteiger charge is -2.36. The Labute approximate surface area is 175 Å². The molecule has 0 saturated heterocycles. The van der Waals surface area contributed by atoms with E-state index >= 15 is 0 Å². The molecule has 0 spiro atoms. The van der Waals surface area contributed by atoms with Crippen LogP contribution in [0.3, 0.4) is 0 Å². The number of hydrogen-bond acceptors (Lipinski definition) is 3. The van der Waals surface area contributed by atoms with Crippen LogP contribution < -0.4 is 4.74 Å². The van der Waals surface area contributed by atoms with Crippen molar-refractivity contribution in [2.45, 2.75) is 77.7 Å². The molecule has 0 aromatic heterocycles. The van der Waals surface area contributed by atoms with Crippen LogP contribution in [0.2, 0.25) is 0 Å². The molecule has 0 saturated carbocycles. The molecule has 0 atom stereocenters. The van der Waals surface area contributed by atoms with Crippen LogP contribution in [0, 0.1) is 0 Å². The van der Waals surface area contributed by atoms with Crippen molar-refractivity contribution in [1.29, 1.82) is 0 Å². The summed E-state index contributed by atoms with van der Waals surface area (Å²) in [6, 6.07) is 12.3. The van der Waals surface area contributed by atoms with Crippen molar-refractivity contribution in [2.75, 3.05) is 7.11 Å². The third kappa shape index (κ3) is 4.34. The Hall–Kier alpha value is -2.29. The first-order valence-corrected chi connectivity index (χ1v) is 10.8. The van der Waals surface area contributed by atoms with Gasteiger partial charge in [0.15, 0.2) is 0 Å². The Balaban J connectivity index is 1.98. The predicted octanol–water partition coefficient (Wildman–Crippen LogP) is 7.02. The Kier molecular flexibility index (Phi) is 6.07. The molecule has 0 fully saturated rings. The largest absolute Gasteiger partial charge is 0.482 e. The molecule has 0 N–H and O–H groups in total. The molecule has 2 aromatic rings. The summed E-state index contributed by atoms with van der Waals surface area (Å²) < 4.78 is 11.4. The molecular formula is C26H34O3. The highest BCUT2D eigenvalue weighted by Gasteiger charge is 2.34. The van der Waals surface area contributed by atoms with Crippen LogP contribution in [0.25, 0.3) is 11.1 Å². The third-order valence-electron chi connectivity index (χ3n) is 6.16. The molecule has 0 aliphatic carbocycles. The topological polar surface area (TPSA) is 35.5 Å². The van der Waals surface area contributed by atoms with E-state index in [-0.39, 0.29) is 11.4 Å². The smallest absolute Gasteiger partial charge is 0.337 e. The van der Waals surface area contributed by atoms with Gasteiger partial charge in [-0.3, -0.25) is 0 Å². The van der Waals surface area contributed by atoms with Gasteiger partial charge in [-0.1, -0.05) is 64.7 Å². The number of rotatable bonds is 7. The van der Waals surface area contributed by atoms with Gasteiger partial charge < -0.3 is 9.47 Å². The van der Waals surface area contributed by atoms with E-state index in [4.69, 9.17) is 9.47 Å². The van der Waals surface area contributed by atoms with Crippen molar-refractivity contribution in [2.24, 2.45) is 0 Å². The molecule has 156 valence electrons. The van der Waals surface area contributed by atoms with Gasteiger partial charge in [-0.15, -0.1) is 0 Å². The van der Waals surface area contributed by atoms with Gasteiger partial charge in [-0.05, 0) is 55.0 Å². The second-order valence-electron chi connectivity index (χ2n) is 9.27. The summed E-state index contributed by atoms with van der Waals surface area (Å²) in [6.45, 7) is 11.0. The zero-order valence-electron chi connectivity index (χ0n) is 18.7. The summed E-state index contributed by atoms with van der Waals surface area (Å²) in [5.74, 6) is 0.576. The first kappa shape index (κ1) is 21.4. The van der Waals surface area contributed by atoms with E-state index in [9.17, 15) is 4.79 Å². The number of esters is 1. The van der Waals surface area contributed by atoms with Crippen LogP contribution in [0.5, 0.6) is 5.75 Å². The van der Waals surface area contributed by atoms with Crippen molar-refractivity contribution >= 4 is 5.97 Å². The fourth-order valence-corrected chi connectivity index (χ4v) is 4.26. The van der Waals surface area contributed by atoms with Crippen molar-refractivity contribution in [3.05, 3.63) is 53.1 Å². The van der Waals surface area contributed by atoms with Crippen LogP contribution in [-0.4, -0.2) is 13.1 Å². The molecule has 0 unspecified atom stereocenters. The Morgan fingerprint density at radius 1 is 1.03 bits per heavy atom. The second kappa shape index (κ2) is 8.22. The van der Waals surface area contributed by atoms with E-state index < -0.39 is 5.60 Å². The highest BCUT2D eigenvalue weighted by Crippen LogP contribution is 2.47. The number of carbonyl (C=O) groups is 1. The van der Waals surface area contributed by atoms with Gasteiger partial charge >= 0.3 is 5.97 Å². The molecule has 1 aliphatic heterocycles. The van der Waals surface area contributed by atoms with Crippen LogP contribution in [0.15, 0.2) is 36.4 Å². The zero-order valence-corrected chi connectivity index (χ0v) is 18.7. The van der Waals surface area contributed by atoms with Gasteiger partial charge in [-0.2, -0.15) is 0 Å². The van der Waals surface area contributed by atoms with E-state index in [1.165, 1.54) is 38.4 Å². The summed E-state index contributed by atoms with van der Waals surface area (Å²) in [7, 11) is 1.41. The van der Waals surface area contributed by atoms with Crippen molar-refractivity contribution in [3.63, 3.8) is 0 Å². The van der Waals surface area contributed by atoms with E-state index in [0.29, 0.717) is 5.56 Å². The highest BCUT2D eigenvalue weighted by atomic mass is 16.5. The van der Waals surface area contributed by atoms with Gasteiger partial charge in [0.05, 0.1) is 12.7 Å². The van der Waals surface area contributed by atoms with Crippen LogP contribution in [0.4, 0.5) is 0 Å². The Morgan fingerprint density at radius 2 is 1.79 bits per heavy atom. The molecule has 0 radical (unpaired) electrons. The SMILES string of the molecule is CCCCCCC(C)(C)c1ccc2c(c1)OC(C)(C)c1ccc(C(=O)OC)cc1-2. The number of ether oxygens (including phenoxy) is 2. The van der Waals surface area contributed by atoms with Crippen LogP contribution >= 0.6 is 0 Å². The fraction of sp³-hybridized carbons (Fsp3) is 0.500. The summed E-state index contributed by atoms with van der Waals surface area (Å²) in [5, 5.41) is 0. The van der Waals surface area contributed by atoms with Crippen molar-refractivity contribution < 1.29 is 14.3 Å². The van der Waals surface area contributed by atoms with E-state index in [1.54, 1.807) is 0 Å². The maximum absolute atomic E-state index is 12.1. The first-order chi connectivity index (χ1) is 13.7. The first-order valence-electron chi connectivity index (χ1n) is 10.8. The zero-order chi connectivity index (χ0) is 21.2. The molecular weight excluding hydrogens is 360 g/mol. The Morgan fingerprint density at radius 3 is 2.48 bits per heavy atom. The maximum atomic E-state index is 12.1. The normalized spacial score (nSPS) is 14.6. The lowest BCUT2D eigenvalue weighted by Crippen LogP contribution is -2.30. The number of carbonyl (C=O) groups excluding carboxylic acids is 1. The van der Waals surface area contributed by atoms with Gasteiger partial charge in [0.1, 0.15) is 11.4 Å². The minimum absolute atomic E-state index is 0.102. The van der Waals surface area contributed by atoms with Gasteiger partial charge in [-0.25, -0.2) is 4.79 Å². The van der Waals surface area contributed by atoms with Crippen LogP contribution in [0.1, 0.15) is 88.2 Å². The van der Waals surface area contributed by atoms with E-state index in [1.807, 2.05) is 18.2 Å². The molecule has 3 nitrogen and oxygen atoms in total. The quantitative estimate of drug-likeness (QED) is 0.374. The molecule has 1 heterocycles. The minimum atomic E-state index is -0.457. The summed E-state index contributed by atoms with van der Waals surface area (Å²) in [6.07, 6.45) is 6.26. The van der Waals surface area contributed by atoms with Gasteiger partial charge in [0.2, 0.25) is 0 Å². The Bertz CT molecular complexity index is 893. The standard InChI is InChI=1S/C26H34O3/c1-7-8-9-10-15-25(2,3)19-12-13-20-21-16-18(24(27)28-6)11-14-22(21)26(4,5)29-23(20)17-19/h11-14,16-17H,7-10,15H2,1-6H3. The van der Waals surface area contributed by atoms with Gasteiger partial charge in [0.25, 0.3) is 0 Å². The molecule has 0 amide bonds. The summed E-state index contributed by atoms with van der Waals surface area (Å²) in [5.41, 5.74) is 4.68. The lowest BCUT2D eigenvalue weighted by molar-refractivity contribution is 0.0600. The van der Waals surface area contributed by atoms with Gasteiger partial charge in [0, 0.05) is 11.1 Å². The minimum Gasteiger partial charge on any atom is -0.482 e. The predicted molar refractivity (Wildman–Crippen MR) is 119 cm³/mol. The monoisotopic (exact) mass is 394 g/mol. The van der Waals surface area contributed by atoms with Crippen molar-refractivity contribution in [1.82, 2.24) is 0 Å². The van der Waals surface area contributed by atoms with Crippen molar-refractivity contribution in [3.8, 4) is 16.9 Å². The second-order valence-corrected chi connectivity index (χ2v) is 9.27. The lowest BCUT2D eigenvalue weighted by atomic mass is 9.78. The summed E-state index contributed by atoms with van der Waals surface area (Å²) >= 11 is 0. The number of hydrogen-bond donors (Lipinski definition) is 0. The number of unbranched alkanes of at least 4 members (excludes halogenated alkanes) is 3. The molecule has 0 bridgehead atoms. The molecule has 29 heavy (non-hydrogen) atoms. The highest BCUT2D eigenvalue weighted by molar-refractivity contribution is 5.92. The molecule has 3 heteroatoms. The molecule has 1 aliphatic rings. The average molecular weight is 395 g/mol. The number of fused-ring (bicyclic) bond motifs is 3. The number of benzene rings is 2. The summed E-state index contributed by atoms with van der Waals surface area (Å²) in [4.78, 5) is 12.1.